The van der Waals surface area contributed by atoms with Crippen molar-refractivity contribution in [3.8, 4) is 0 Å². The first-order valence-corrected chi connectivity index (χ1v) is 9.61. The highest BCUT2D eigenvalue weighted by Gasteiger charge is 2.28. The molecule has 3 aromatic rings. The summed E-state index contributed by atoms with van der Waals surface area (Å²) in [6.07, 6.45) is 0. The van der Waals surface area contributed by atoms with Crippen molar-refractivity contribution < 1.29 is 18.3 Å². The highest BCUT2D eigenvalue weighted by Crippen LogP contribution is 2.31. The third-order valence-electron chi connectivity index (χ3n) is 4.10. The van der Waals surface area contributed by atoms with Gasteiger partial charge in [0.15, 0.2) is 0 Å². The molecule has 0 atom stereocenters. The quantitative estimate of drug-likeness (QED) is 0.713. The van der Waals surface area contributed by atoms with Crippen LogP contribution in [-0.4, -0.2) is 26.0 Å². The van der Waals surface area contributed by atoms with Gasteiger partial charge in [0.05, 0.1) is 10.6 Å². The lowest BCUT2D eigenvalue weighted by atomic mass is 10.1. The van der Waals surface area contributed by atoms with E-state index in [-0.39, 0.29) is 10.6 Å². The molecular formula is C19H16ClNO4S. The van der Waals surface area contributed by atoms with Crippen molar-refractivity contribution in [2.24, 2.45) is 0 Å². The van der Waals surface area contributed by atoms with E-state index in [1.807, 2.05) is 18.2 Å². The molecule has 7 heteroatoms. The molecule has 5 nitrogen and oxygen atoms in total. The molecule has 0 radical (unpaired) electrons. The standard InChI is InChI=1S/C19H16ClNO4S/c1-13-17(20)7-4-8-18(13)21(12-19(22)23)26(24,25)16-10-9-14-5-2-3-6-15(14)11-16/h2-11H,12H2,1H3,(H,22,23). The number of rotatable bonds is 5. The van der Waals surface area contributed by atoms with Gasteiger partial charge in [-0.15, -0.1) is 0 Å². The van der Waals surface area contributed by atoms with E-state index in [1.54, 1.807) is 43.3 Å². The molecule has 26 heavy (non-hydrogen) atoms. The van der Waals surface area contributed by atoms with Crippen molar-refractivity contribution in [3.63, 3.8) is 0 Å². The molecule has 0 bridgehead atoms. The van der Waals surface area contributed by atoms with Crippen LogP contribution in [0, 0.1) is 6.92 Å². The van der Waals surface area contributed by atoms with Crippen molar-refractivity contribution >= 4 is 44.1 Å². The fourth-order valence-electron chi connectivity index (χ4n) is 2.74. The number of aliphatic carboxylic acids is 1. The minimum absolute atomic E-state index is 0.0248. The van der Waals surface area contributed by atoms with Crippen LogP contribution in [0.3, 0.4) is 0 Å². The third-order valence-corrected chi connectivity index (χ3v) is 6.26. The number of nitrogens with zero attached hydrogens (tertiary/aromatic N) is 1. The molecular weight excluding hydrogens is 374 g/mol. The maximum Gasteiger partial charge on any atom is 0.324 e. The zero-order chi connectivity index (χ0) is 18.9. The minimum Gasteiger partial charge on any atom is -0.480 e. The van der Waals surface area contributed by atoms with Crippen molar-refractivity contribution in [2.75, 3.05) is 10.8 Å². The number of sulfonamides is 1. The van der Waals surface area contributed by atoms with E-state index >= 15 is 0 Å². The molecule has 3 rings (SSSR count). The summed E-state index contributed by atoms with van der Waals surface area (Å²) in [5.74, 6) is -1.26. The fraction of sp³-hybridized carbons (Fsp3) is 0.105. The van der Waals surface area contributed by atoms with E-state index in [0.29, 0.717) is 10.6 Å². The first kappa shape index (κ1) is 18.2. The Labute approximate surface area is 156 Å². The van der Waals surface area contributed by atoms with Crippen LogP contribution >= 0.6 is 11.6 Å². The zero-order valence-electron chi connectivity index (χ0n) is 13.9. The minimum atomic E-state index is -4.09. The summed E-state index contributed by atoms with van der Waals surface area (Å²) in [6, 6.07) is 16.8. The van der Waals surface area contributed by atoms with Crippen LogP contribution in [0.5, 0.6) is 0 Å². The highest BCUT2D eigenvalue weighted by molar-refractivity contribution is 7.92. The molecule has 0 aliphatic carbocycles. The lowest BCUT2D eigenvalue weighted by molar-refractivity contribution is -0.135. The van der Waals surface area contributed by atoms with E-state index in [1.165, 1.54) is 6.07 Å². The smallest absolute Gasteiger partial charge is 0.324 e. The molecule has 0 aromatic heterocycles. The summed E-state index contributed by atoms with van der Waals surface area (Å²) in [6.45, 7) is 0.957. The molecule has 0 saturated heterocycles. The molecule has 0 saturated carbocycles. The Morgan fingerprint density at radius 3 is 2.42 bits per heavy atom. The lowest BCUT2D eigenvalue weighted by Crippen LogP contribution is -2.36. The van der Waals surface area contributed by atoms with Gasteiger partial charge in [0.2, 0.25) is 0 Å². The van der Waals surface area contributed by atoms with Gasteiger partial charge in [-0.25, -0.2) is 8.42 Å². The molecule has 0 unspecified atom stereocenters. The summed E-state index contributed by atoms with van der Waals surface area (Å²) in [5.41, 5.74) is 0.743. The maximum absolute atomic E-state index is 13.2. The third kappa shape index (κ3) is 3.38. The Morgan fingerprint density at radius 1 is 1.04 bits per heavy atom. The van der Waals surface area contributed by atoms with E-state index in [0.717, 1.165) is 15.1 Å². The van der Waals surface area contributed by atoms with Gasteiger partial charge in [-0.1, -0.05) is 48.0 Å². The van der Waals surface area contributed by atoms with E-state index in [9.17, 15) is 18.3 Å². The molecule has 0 aliphatic rings. The van der Waals surface area contributed by atoms with Crippen molar-refractivity contribution in [3.05, 3.63) is 71.2 Å². The number of carboxylic acids is 1. The Bertz CT molecular complexity index is 1100. The number of anilines is 1. The van der Waals surface area contributed by atoms with Gasteiger partial charge in [0, 0.05) is 5.02 Å². The second kappa shape index (κ2) is 6.97. The Balaban J connectivity index is 2.17. The summed E-state index contributed by atoms with van der Waals surface area (Å²) >= 11 is 6.10. The van der Waals surface area contributed by atoms with Crippen molar-refractivity contribution in [1.82, 2.24) is 0 Å². The van der Waals surface area contributed by atoms with Gasteiger partial charge in [-0.2, -0.15) is 0 Å². The van der Waals surface area contributed by atoms with Gasteiger partial charge in [-0.05, 0) is 47.5 Å². The lowest BCUT2D eigenvalue weighted by Gasteiger charge is -2.25. The van der Waals surface area contributed by atoms with Gasteiger partial charge in [0.1, 0.15) is 6.54 Å². The Kier molecular flexibility index (Phi) is 4.89. The number of hydrogen-bond acceptors (Lipinski definition) is 3. The van der Waals surface area contributed by atoms with Crippen LogP contribution in [0.15, 0.2) is 65.6 Å². The molecule has 0 heterocycles. The van der Waals surface area contributed by atoms with E-state index in [4.69, 9.17) is 11.6 Å². The maximum atomic E-state index is 13.2. The van der Waals surface area contributed by atoms with Gasteiger partial charge in [0.25, 0.3) is 10.0 Å². The number of benzene rings is 3. The van der Waals surface area contributed by atoms with Crippen molar-refractivity contribution in [2.45, 2.75) is 11.8 Å². The first-order chi connectivity index (χ1) is 12.3. The van der Waals surface area contributed by atoms with Gasteiger partial charge >= 0.3 is 5.97 Å². The Hall–Kier alpha value is -2.57. The summed E-state index contributed by atoms with van der Waals surface area (Å²) < 4.78 is 27.3. The topological polar surface area (TPSA) is 74.7 Å². The predicted octanol–water partition coefficient (Wildman–Crippen LogP) is 4.08. The molecule has 0 fully saturated rings. The van der Waals surface area contributed by atoms with Gasteiger partial charge in [-0.3, -0.25) is 9.10 Å². The Morgan fingerprint density at radius 2 is 1.73 bits per heavy atom. The van der Waals surface area contributed by atoms with Crippen LogP contribution in [-0.2, 0) is 14.8 Å². The van der Waals surface area contributed by atoms with Crippen LogP contribution in [0.4, 0.5) is 5.69 Å². The average Bonchev–Trinajstić information content (AvgIpc) is 2.61. The molecule has 0 amide bonds. The van der Waals surface area contributed by atoms with Crippen molar-refractivity contribution in [1.29, 1.82) is 0 Å². The second-order valence-electron chi connectivity index (χ2n) is 5.80. The largest absolute Gasteiger partial charge is 0.480 e. The molecule has 1 N–H and O–H groups in total. The van der Waals surface area contributed by atoms with Gasteiger partial charge < -0.3 is 5.11 Å². The monoisotopic (exact) mass is 389 g/mol. The molecule has 134 valence electrons. The zero-order valence-corrected chi connectivity index (χ0v) is 15.5. The number of carboxylic acid groups (broad SMARTS) is 1. The predicted molar refractivity (Wildman–Crippen MR) is 102 cm³/mol. The first-order valence-electron chi connectivity index (χ1n) is 7.79. The molecule has 3 aromatic carbocycles. The fourth-order valence-corrected chi connectivity index (χ4v) is 4.42. The van der Waals surface area contributed by atoms with E-state index < -0.39 is 22.5 Å². The molecule has 0 aliphatic heterocycles. The SMILES string of the molecule is Cc1c(Cl)cccc1N(CC(=O)O)S(=O)(=O)c1ccc2ccccc2c1. The van der Waals surface area contributed by atoms with Crippen LogP contribution < -0.4 is 4.31 Å². The normalized spacial score (nSPS) is 11.5. The number of carbonyl (C=O) groups is 1. The summed E-state index contributed by atoms with van der Waals surface area (Å²) in [4.78, 5) is 11.4. The number of fused-ring (bicyclic) bond motifs is 1. The summed E-state index contributed by atoms with van der Waals surface area (Å²) in [5, 5.41) is 11.3. The second-order valence-corrected chi connectivity index (χ2v) is 8.07. The number of halogens is 1. The molecule has 0 spiro atoms. The highest BCUT2D eigenvalue weighted by atomic mass is 35.5. The average molecular weight is 390 g/mol. The summed E-state index contributed by atoms with van der Waals surface area (Å²) in [7, 11) is -4.09. The number of hydrogen-bond donors (Lipinski definition) is 1. The van der Waals surface area contributed by atoms with Crippen LogP contribution in [0.2, 0.25) is 5.02 Å². The van der Waals surface area contributed by atoms with Crippen LogP contribution in [0.25, 0.3) is 10.8 Å². The van der Waals surface area contributed by atoms with Crippen LogP contribution in [0.1, 0.15) is 5.56 Å². The van der Waals surface area contributed by atoms with E-state index in [2.05, 4.69) is 0 Å².